The molecule has 5 nitrogen and oxygen atoms in total. The van der Waals surface area contributed by atoms with E-state index in [-0.39, 0.29) is 18.9 Å². The molecule has 1 unspecified atom stereocenters. The summed E-state index contributed by atoms with van der Waals surface area (Å²) < 4.78 is 7.11. The smallest absolute Gasteiger partial charge is 0.224 e. The highest BCUT2D eigenvalue weighted by molar-refractivity contribution is 5.89. The van der Waals surface area contributed by atoms with Crippen molar-refractivity contribution in [2.75, 3.05) is 6.54 Å². The van der Waals surface area contributed by atoms with E-state index >= 15 is 0 Å². The van der Waals surface area contributed by atoms with Crippen molar-refractivity contribution in [2.24, 2.45) is 7.05 Å². The van der Waals surface area contributed by atoms with Crippen molar-refractivity contribution in [1.82, 2.24) is 9.88 Å². The first-order valence-corrected chi connectivity index (χ1v) is 7.16. The Labute approximate surface area is 128 Å². The molecule has 5 heteroatoms. The highest BCUT2D eigenvalue weighted by atomic mass is 16.4. The topological polar surface area (TPSA) is 67.4 Å². The molecule has 2 heterocycles. The van der Waals surface area contributed by atoms with Crippen LogP contribution in [0.5, 0.6) is 0 Å². The van der Waals surface area contributed by atoms with Gasteiger partial charge in [0.15, 0.2) is 0 Å². The number of hydrogen-bond acceptors (Lipinski definition) is 3. The number of aromatic nitrogens is 1. The molecule has 2 N–H and O–H groups in total. The van der Waals surface area contributed by atoms with Crippen molar-refractivity contribution < 1.29 is 14.3 Å². The average Bonchev–Trinajstić information content (AvgIpc) is 3.15. The number of benzene rings is 1. The summed E-state index contributed by atoms with van der Waals surface area (Å²) in [6, 6.07) is 11.4. The molecule has 114 valence electrons. The van der Waals surface area contributed by atoms with Crippen molar-refractivity contribution in [2.45, 2.75) is 12.5 Å². The van der Waals surface area contributed by atoms with Gasteiger partial charge in [0.25, 0.3) is 0 Å². The van der Waals surface area contributed by atoms with E-state index in [1.807, 2.05) is 42.1 Å². The number of nitrogens with zero attached hydrogens (tertiary/aromatic N) is 1. The van der Waals surface area contributed by atoms with E-state index in [1.165, 1.54) is 6.26 Å². The van der Waals surface area contributed by atoms with Crippen LogP contribution in [0.3, 0.4) is 0 Å². The summed E-state index contributed by atoms with van der Waals surface area (Å²) in [4.78, 5) is 12.1. The summed E-state index contributed by atoms with van der Waals surface area (Å²) in [7, 11) is 1.96. The summed E-state index contributed by atoms with van der Waals surface area (Å²) in [5.74, 6) is 0.326. The van der Waals surface area contributed by atoms with E-state index in [1.54, 1.807) is 12.1 Å². The van der Waals surface area contributed by atoms with E-state index in [4.69, 9.17) is 4.42 Å². The van der Waals surface area contributed by atoms with Crippen LogP contribution >= 0.6 is 0 Å². The largest absolute Gasteiger partial charge is 0.467 e. The molecular weight excluding hydrogens is 280 g/mol. The number of fused-ring (bicyclic) bond motifs is 1. The van der Waals surface area contributed by atoms with Crippen molar-refractivity contribution in [3.8, 4) is 0 Å². The third-order valence-electron chi connectivity index (χ3n) is 3.69. The van der Waals surface area contributed by atoms with Crippen LogP contribution in [0.4, 0.5) is 0 Å². The van der Waals surface area contributed by atoms with Gasteiger partial charge in [-0.25, -0.2) is 0 Å². The quantitative estimate of drug-likeness (QED) is 0.758. The molecule has 3 rings (SSSR count). The zero-order chi connectivity index (χ0) is 15.5. The fourth-order valence-corrected chi connectivity index (χ4v) is 2.59. The number of hydrogen-bond donors (Lipinski definition) is 2. The molecular formula is C17H18N2O3. The zero-order valence-electron chi connectivity index (χ0n) is 12.3. The third-order valence-corrected chi connectivity index (χ3v) is 3.69. The summed E-state index contributed by atoms with van der Waals surface area (Å²) in [6.07, 6.45) is 2.92. The van der Waals surface area contributed by atoms with E-state index in [2.05, 4.69) is 5.32 Å². The van der Waals surface area contributed by atoms with Crippen LogP contribution in [0, 0.1) is 0 Å². The molecule has 2 aromatic heterocycles. The Morgan fingerprint density at radius 3 is 2.91 bits per heavy atom. The molecule has 0 aliphatic rings. The first kappa shape index (κ1) is 14.4. The van der Waals surface area contributed by atoms with Crippen LogP contribution in [0.15, 0.2) is 53.3 Å². The molecule has 0 saturated carbocycles. The molecule has 0 spiro atoms. The maximum absolute atomic E-state index is 12.1. The number of para-hydroxylation sites is 1. The minimum atomic E-state index is -0.827. The molecule has 22 heavy (non-hydrogen) atoms. The molecule has 1 atom stereocenters. The first-order chi connectivity index (χ1) is 10.6. The SMILES string of the molecule is Cn1cc(CC(=O)NCC(O)c2ccco2)c2ccccc21. The lowest BCUT2D eigenvalue weighted by Crippen LogP contribution is -2.29. The number of carbonyl (C=O) groups excluding carboxylic acids is 1. The number of aliphatic hydroxyl groups excluding tert-OH is 1. The van der Waals surface area contributed by atoms with Gasteiger partial charge in [-0.05, 0) is 23.8 Å². The minimum absolute atomic E-state index is 0.123. The van der Waals surface area contributed by atoms with Gasteiger partial charge in [0.05, 0.1) is 19.2 Å². The van der Waals surface area contributed by atoms with Gasteiger partial charge in [0, 0.05) is 24.1 Å². The number of aliphatic hydroxyl groups is 1. The van der Waals surface area contributed by atoms with Gasteiger partial charge in [0.1, 0.15) is 11.9 Å². The maximum atomic E-state index is 12.1. The van der Waals surface area contributed by atoms with Crippen LogP contribution in [0.25, 0.3) is 10.9 Å². The van der Waals surface area contributed by atoms with Crippen molar-refractivity contribution >= 4 is 16.8 Å². The van der Waals surface area contributed by atoms with Gasteiger partial charge in [-0.3, -0.25) is 4.79 Å². The van der Waals surface area contributed by atoms with Crippen molar-refractivity contribution in [3.05, 3.63) is 60.2 Å². The summed E-state index contributed by atoms with van der Waals surface area (Å²) in [6.45, 7) is 0.136. The molecule has 0 aliphatic carbocycles. The Hall–Kier alpha value is -2.53. The maximum Gasteiger partial charge on any atom is 0.224 e. The lowest BCUT2D eigenvalue weighted by atomic mass is 10.1. The predicted octanol–water partition coefficient (Wildman–Crippen LogP) is 2.16. The van der Waals surface area contributed by atoms with Crippen LogP contribution in [-0.4, -0.2) is 22.1 Å². The number of nitrogens with one attached hydrogen (secondary N) is 1. The first-order valence-electron chi connectivity index (χ1n) is 7.16. The molecule has 1 aromatic carbocycles. The molecule has 0 saturated heterocycles. The average molecular weight is 298 g/mol. The normalized spacial score (nSPS) is 12.5. The number of aryl methyl sites for hydroxylation is 1. The molecule has 0 fully saturated rings. The van der Waals surface area contributed by atoms with Gasteiger partial charge in [-0.2, -0.15) is 0 Å². The Bertz CT molecular complexity index is 774. The molecule has 0 bridgehead atoms. The second-order valence-corrected chi connectivity index (χ2v) is 5.29. The zero-order valence-corrected chi connectivity index (χ0v) is 12.3. The van der Waals surface area contributed by atoms with Crippen LogP contribution < -0.4 is 5.32 Å². The molecule has 1 amide bonds. The summed E-state index contributed by atoms with van der Waals surface area (Å²) in [5.41, 5.74) is 2.07. The highest BCUT2D eigenvalue weighted by Crippen LogP contribution is 2.20. The number of amides is 1. The van der Waals surface area contributed by atoms with Gasteiger partial charge in [-0.15, -0.1) is 0 Å². The van der Waals surface area contributed by atoms with E-state index in [0.717, 1.165) is 16.5 Å². The third kappa shape index (κ3) is 2.89. The van der Waals surface area contributed by atoms with Gasteiger partial charge in [-0.1, -0.05) is 18.2 Å². The lowest BCUT2D eigenvalue weighted by molar-refractivity contribution is -0.120. The number of carbonyl (C=O) groups is 1. The van der Waals surface area contributed by atoms with Gasteiger partial charge in [0.2, 0.25) is 5.91 Å². The second-order valence-electron chi connectivity index (χ2n) is 5.29. The van der Waals surface area contributed by atoms with Crippen molar-refractivity contribution in [1.29, 1.82) is 0 Å². The van der Waals surface area contributed by atoms with E-state index < -0.39 is 6.10 Å². The molecule has 0 aliphatic heterocycles. The fraction of sp³-hybridized carbons (Fsp3) is 0.235. The summed E-state index contributed by atoms with van der Waals surface area (Å²) in [5, 5.41) is 13.7. The van der Waals surface area contributed by atoms with Crippen LogP contribution in [-0.2, 0) is 18.3 Å². The second kappa shape index (κ2) is 6.07. The van der Waals surface area contributed by atoms with Crippen LogP contribution in [0.1, 0.15) is 17.4 Å². The Morgan fingerprint density at radius 1 is 1.32 bits per heavy atom. The molecule has 0 radical (unpaired) electrons. The van der Waals surface area contributed by atoms with Crippen molar-refractivity contribution in [3.63, 3.8) is 0 Å². The summed E-state index contributed by atoms with van der Waals surface area (Å²) >= 11 is 0. The highest BCUT2D eigenvalue weighted by Gasteiger charge is 2.14. The number of furan rings is 1. The monoisotopic (exact) mass is 298 g/mol. The van der Waals surface area contributed by atoms with Gasteiger partial charge < -0.3 is 19.4 Å². The van der Waals surface area contributed by atoms with E-state index in [9.17, 15) is 9.90 Å². The Balaban J connectivity index is 1.64. The Kier molecular flexibility index (Phi) is 3.98. The van der Waals surface area contributed by atoms with E-state index in [0.29, 0.717) is 5.76 Å². The lowest BCUT2D eigenvalue weighted by Gasteiger charge is -2.09. The molecule has 3 aromatic rings. The van der Waals surface area contributed by atoms with Crippen LogP contribution in [0.2, 0.25) is 0 Å². The fourth-order valence-electron chi connectivity index (χ4n) is 2.59. The minimum Gasteiger partial charge on any atom is -0.467 e. The number of rotatable bonds is 5. The van der Waals surface area contributed by atoms with Gasteiger partial charge >= 0.3 is 0 Å². The standard InChI is InChI=1S/C17H18N2O3/c1-19-11-12(13-5-2-3-6-14(13)19)9-17(21)18-10-15(20)16-7-4-8-22-16/h2-8,11,15,20H,9-10H2,1H3,(H,18,21). The predicted molar refractivity (Wildman–Crippen MR) is 83.3 cm³/mol. The Morgan fingerprint density at radius 2 is 2.14 bits per heavy atom.